The van der Waals surface area contributed by atoms with E-state index in [2.05, 4.69) is 5.32 Å². The van der Waals surface area contributed by atoms with Gasteiger partial charge in [0.2, 0.25) is 5.91 Å². The number of halogens is 1. The molecule has 2 rings (SSSR count). The van der Waals surface area contributed by atoms with Crippen LogP contribution in [0.4, 0.5) is 5.69 Å². The Kier molecular flexibility index (Phi) is 7.69. The highest BCUT2D eigenvalue weighted by atomic mass is 35.5. The van der Waals surface area contributed by atoms with Crippen LogP contribution >= 0.6 is 23.4 Å². The summed E-state index contributed by atoms with van der Waals surface area (Å²) in [6, 6.07) is 13.5. The number of anilines is 1. The molecule has 0 aliphatic carbocycles. The van der Waals surface area contributed by atoms with E-state index in [0.717, 1.165) is 11.8 Å². The molecule has 0 spiro atoms. The van der Waals surface area contributed by atoms with Crippen LogP contribution in [0.1, 0.15) is 22.8 Å². The van der Waals surface area contributed by atoms with Gasteiger partial charge in [0.25, 0.3) is 0 Å². The Morgan fingerprint density at radius 1 is 1.08 bits per heavy atom. The van der Waals surface area contributed by atoms with Crippen molar-refractivity contribution in [2.75, 3.05) is 23.4 Å². The average Bonchev–Trinajstić information content (AvgIpc) is 2.63. The van der Waals surface area contributed by atoms with E-state index in [1.54, 1.807) is 43.3 Å². The van der Waals surface area contributed by atoms with Gasteiger partial charge < -0.3 is 10.1 Å². The Bertz CT molecular complexity index is 795. The largest absolute Gasteiger partial charge is 0.465 e. The zero-order chi connectivity index (χ0) is 18.9. The molecule has 1 N–H and O–H groups in total. The van der Waals surface area contributed by atoms with Gasteiger partial charge in [0, 0.05) is 16.1 Å². The number of carbonyl (C=O) groups is 3. The highest BCUT2D eigenvalue weighted by molar-refractivity contribution is 8.00. The molecular formula is C19H18ClNO4S. The number of hydrogen-bond donors (Lipinski definition) is 1. The molecule has 136 valence electrons. The van der Waals surface area contributed by atoms with Crippen molar-refractivity contribution < 1.29 is 19.1 Å². The number of ether oxygens (including phenoxy) is 1. The molecule has 0 saturated heterocycles. The highest BCUT2D eigenvalue weighted by Crippen LogP contribution is 2.24. The maximum absolute atomic E-state index is 12.7. The number of esters is 1. The summed E-state index contributed by atoms with van der Waals surface area (Å²) in [4.78, 5) is 36.1. The standard InChI is InChI=1S/C19H18ClNO4S/c1-2-25-18(23)12-26-11-17(22)21-16-9-8-14(20)10-15(16)19(24)13-6-4-3-5-7-13/h3-10H,2,11-12H2,1H3,(H,21,22). The van der Waals surface area contributed by atoms with Gasteiger partial charge in [-0.1, -0.05) is 41.9 Å². The first-order chi connectivity index (χ1) is 12.5. The van der Waals surface area contributed by atoms with Gasteiger partial charge in [-0.25, -0.2) is 0 Å². The van der Waals surface area contributed by atoms with Crippen LogP contribution < -0.4 is 5.32 Å². The van der Waals surface area contributed by atoms with Crippen LogP contribution in [0, 0.1) is 0 Å². The van der Waals surface area contributed by atoms with Crippen LogP contribution in [-0.2, 0) is 14.3 Å². The van der Waals surface area contributed by atoms with E-state index in [9.17, 15) is 14.4 Å². The smallest absolute Gasteiger partial charge is 0.315 e. The van der Waals surface area contributed by atoms with Crippen LogP contribution in [-0.4, -0.2) is 35.8 Å². The Morgan fingerprint density at radius 2 is 1.81 bits per heavy atom. The second kappa shape index (κ2) is 9.99. The van der Waals surface area contributed by atoms with Crippen molar-refractivity contribution in [3.05, 3.63) is 64.7 Å². The van der Waals surface area contributed by atoms with E-state index in [1.807, 2.05) is 6.07 Å². The number of benzene rings is 2. The molecule has 2 aromatic rings. The monoisotopic (exact) mass is 391 g/mol. The van der Waals surface area contributed by atoms with Gasteiger partial charge in [-0.3, -0.25) is 14.4 Å². The predicted octanol–water partition coefficient (Wildman–Crippen LogP) is 3.81. The lowest BCUT2D eigenvalue weighted by Crippen LogP contribution is -2.18. The van der Waals surface area contributed by atoms with Gasteiger partial charge in [-0.2, -0.15) is 0 Å². The van der Waals surface area contributed by atoms with E-state index in [-0.39, 0.29) is 29.2 Å². The Balaban J connectivity index is 2.06. The summed E-state index contributed by atoms with van der Waals surface area (Å²) in [7, 11) is 0. The van der Waals surface area contributed by atoms with E-state index in [0.29, 0.717) is 28.4 Å². The van der Waals surface area contributed by atoms with Gasteiger partial charge in [0.15, 0.2) is 5.78 Å². The Morgan fingerprint density at radius 3 is 2.50 bits per heavy atom. The molecule has 0 bridgehead atoms. The summed E-state index contributed by atoms with van der Waals surface area (Å²) in [6.07, 6.45) is 0. The average molecular weight is 392 g/mol. The molecule has 0 aromatic heterocycles. The van der Waals surface area contributed by atoms with Crippen molar-refractivity contribution >= 4 is 46.7 Å². The van der Waals surface area contributed by atoms with Crippen LogP contribution in [0.3, 0.4) is 0 Å². The highest BCUT2D eigenvalue weighted by Gasteiger charge is 2.16. The van der Waals surface area contributed by atoms with Gasteiger partial charge >= 0.3 is 5.97 Å². The van der Waals surface area contributed by atoms with Gasteiger partial charge in [-0.15, -0.1) is 11.8 Å². The lowest BCUT2D eigenvalue weighted by molar-refractivity contribution is -0.139. The molecule has 0 fully saturated rings. The van der Waals surface area contributed by atoms with Crippen molar-refractivity contribution in [2.24, 2.45) is 0 Å². The molecule has 0 saturated carbocycles. The third-order valence-corrected chi connectivity index (χ3v) is 4.44. The number of amides is 1. The maximum Gasteiger partial charge on any atom is 0.315 e. The number of ketones is 1. The zero-order valence-corrected chi connectivity index (χ0v) is 15.7. The first kappa shape index (κ1) is 20.0. The topological polar surface area (TPSA) is 72.5 Å². The van der Waals surface area contributed by atoms with Crippen molar-refractivity contribution in [3.63, 3.8) is 0 Å². The molecule has 0 radical (unpaired) electrons. The molecule has 26 heavy (non-hydrogen) atoms. The summed E-state index contributed by atoms with van der Waals surface area (Å²) in [5, 5.41) is 3.10. The molecular weight excluding hydrogens is 374 g/mol. The van der Waals surface area contributed by atoms with E-state index >= 15 is 0 Å². The van der Waals surface area contributed by atoms with Crippen LogP contribution in [0.15, 0.2) is 48.5 Å². The number of nitrogens with one attached hydrogen (secondary N) is 1. The molecule has 5 nitrogen and oxygen atoms in total. The fourth-order valence-corrected chi connectivity index (χ4v) is 2.96. The lowest BCUT2D eigenvalue weighted by Gasteiger charge is -2.11. The van der Waals surface area contributed by atoms with Crippen LogP contribution in [0.2, 0.25) is 5.02 Å². The van der Waals surface area contributed by atoms with Crippen molar-refractivity contribution in [2.45, 2.75) is 6.92 Å². The minimum Gasteiger partial charge on any atom is -0.465 e. The number of hydrogen-bond acceptors (Lipinski definition) is 5. The van der Waals surface area contributed by atoms with Crippen LogP contribution in [0.25, 0.3) is 0 Å². The molecule has 0 unspecified atom stereocenters. The minimum absolute atomic E-state index is 0.0698. The summed E-state index contributed by atoms with van der Waals surface area (Å²) in [5.74, 6) is -0.749. The Hall–Kier alpha value is -2.31. The fraction of sp³-hybridized carbons (Fsp3) is 0.211. The Labute approximate surface area is 161 Å². The summed E-state index contributed by atoms with van der Waals surface area (Å²) < 4.78 is 4.80. The molecule has 0 aliphatic heterocycles. The van der Waals surface area contributed by atoms with Crippen molar-refractivity contribution in [3.8, 4) is 0 Å². The fourth-order valence-electron chi connectivity index (χ4n) is 2.17. The molecule has 0 atom stereocenters. The third-order valence-electron chi connectivity index (χ3n) is 3.29. The van der Waals surface area contributed by atoms with E-state index in [1.165, 1.54) is 6.07 Å². The molecule has 1 amide bonds. The van der Waals surface area contributed by atoms with Crippen LogP contribution in [0.5, 0.6) is 0 Å². The number of rotatable bonds is 8. The molecule has 0 heterocycles. The second-order valence-corrected chi connectivity index (χ2v) is 6.65. The van der Waals surface area contributed by atoms with E-state index in [4.69, 9.17) is 16.3 Å². The summed E-state index contributed by atoms with van der Waals surface area (Å²) in [5.41, 5.74) is 1.19. The SMILES string of the molecule is CCOC(=O)CSCC(=O)Nc1ccc(Cl)cc1C(=O)c1ccccc1. The van der Waals surface area contributed by atoms with Gasteiger partial charge in [0.1, 0.15) is 0 Å². The quantitative estimate of drug-likeness (QED) is 0.547. The summed E-state index contributed by atoms with van der Waals surface area (Å²) in [6.45, 7) is 2.03. The summed E-state index contributed by atoms with van der Waals surface area (Å²) >= 11 is 7.16. The first-order valence-corrected chi connectivity index (χ1v) is 9.47. The normalized spacial score (nSPS) is 10.2. The first-order valence-electron chi connectivity index (χ1n) is 7.93. The lowest BCUT2D eigenvalue weighted by atomic mass is 10.0. The predicted molar refractivity (Wildman–Crippen MR) is 104 cm³/mol. The van der Waals surface area contributed by atoms with E-state index < -0.39 is 0 Å². The molecule has 0 aliphatic rings. The zero-order valence-electron chi connectivity index (χ0n) is 14.2. The second-order valence-electron chi connectivity index (χ2n) is 5.23. The van der Waals surface area contributed by atoms with Gasteiger partial charge in [-0.05, 0) is 25.1 Å². The third kappa shape index (κ3) is 5.89. The maximum atomic E-state index is 12.7. The number of thioether (sulfide) groups is 1. The molecule has 7 heteroatoms. The van der Waals surface area contributed by atoms with Crippen molar-refractivity contribution in [1.29, 1.82) is 0 Å². The van der Waals surface area contributed by atoms with Gasteiger partial charge in [0.05, 0.1) is 23.8 Å². The molecule has 2 aromatic carbocycles. The number of carbonyl (C=O) groups excluding carboxylic acids is 3. The minimum atomic E-state index is -0.364. The van der Waals surface area contributed by atoms with Crippen molar-refractivity contribution in [1.82, 2.24) is 0 Å².